The smallest absolute Gasteiger partial charge is 0.312 e. The van der Waals surface area contributed by atoms with Gasteiger partial charge in [-0.3, -0.25) is 9.59 Å². The summed E-state index contributed by atoms with van der Waals surface area (Å²) in [5.74, 6) is 0.0542. The Morgan fingerprint density at radius 2 is 1.67 bits per heavy atom. The second-order valence-corrected chi connectivity index (χ2v) is 13.9. The number of hydrogen-bond donors (Lipinski definition) is 2. The van der Waals surface area contributed by atoms with Gasteiger partial charge >= 0.3 is 5.97 Å². The molecule has 0 amide bonds. The summed E-state index contributed by atoms with van der Waals surface area (Å²) < 4.78 is 0. The van der Waals surface area contributed by atoms with Crippen molar-refractivity contribution < 1.29 is 19.8 Å². The predicted molar refractivity (Wildman–Crippen MR) is 128 cm³/mol. The van der Waals surface area contributed by atoms with Gasteiger partial charge in [0.1, 0.15) is 0 Å². The van der Waals surface area contributed by atoms with Crippen LogP contribution in [0.3, 0.4) is 0 Å². The first-order chi connectivity index (χ1) is 15.3. The second-order valence-electron chi connectivity index (χ2n) is 13.9. The minimum absolute atomic E-state index is 0.0228. The fourth-order valence-electron chi connectivity index (χ4n) is 10.6. The van der Waals surface area contributed by atoms with Crippen LogP contribution in [0, 0.1) is 50.7 Å². The normalized spacial score (nSPS) is 56.0. The average molecular weight is 457 g/mol. The highest BCUT2D eigenvalue weighted by molar-refractivity contribution is 5.96. The second kappa shape index (κ2) is 6.95. The van der Waals surface area contributed by atoms with Crippen LogP contribution in [0.1, 0.15) is 99.3 Å². The molecule has 4 heteroatoms. The van der Waals surface area contributed by atoms with Crippen molar-refractivity contribution in [1.82, 2.24) is 0 Å². The van der Waals surface area contributed by atoms with E-state index in [1.54, 1.807) is 6.92 Å². The lowest BCUT2D eigenvalue weighted by Gasteiger charge is -2.70. The summed E-state index contributed by atoms with van der Waals surface area (Å²) in [5.41, 5.74) is -0.0658. The molecule has 0 heterocycles. The molecule has 3 unspecified atom stereocenters. The fraction of sp³-hybridized carbons (Fsp3) is 0.862. The first-order valence-corrected chi connectivity index (χ1v) is 13.4. The summed E-state index contributed by atoms with van der Waals surface area (Å²) in [6.07, 6.45) is 10.2. The Labute approximate surface area is 199 Å². The van der Waals surface area contributed by atoms with Crippen molar-refractivity contribution >= 4 is 11.8 Å². The maximum absolute atomic E-state index is 14.2. The molecule has 5 aliphatic rings. The number of aliphatic hydroxyl groups is 1. The van der Waals surface area contributed by atoms with Crippen LogP contribution in [0.15, 0.2) is 11.6 Å². The highest BCUT2D eigenvalue weighted by atomic mass is 16.4. The molecule has 10 atom stereocenters. The molecule has 0 aromatic heterocycles. The number of ketones is 1. The number of carboxylic acid groups (broad SMARTS) is 1. The number of aliphatic hydroxyl groups excluding tert-OH is 1. The first kappa shape index (κ1) is 23.6. The lowest BCUT2D eigenvalue weighted by atomic mass is 9.33. The zero-order valence-corrected chi connectivity index (χ0v) is 21.5. The topological polar surface area (TPSA) is 74.6 Å². The Morgan fingerprint density at radius 1 is 0.970 bits per heavy atom. The zero-order chi connectivity index (χ0) is 24.2. The number of fused-ring (bicyclic) bond motifs is 7. The zero-order valence-electron chi connectivity index (χ0n) is 21.5. The molecule has 4 nitrogen and oxygen atoms in total. The number of aliphatic carboxylic acids is 1. The van der Waals surface area contributed by atoms with E-state index in [-0.39, 0.29) is 28.4 Å². The molecule has 0 radical (unpaired) electrons. The summed E-state index contributed by atoms with van der Waals surface area (Å²) in [5, 5.41) is 21.0. The quantitative estimate of drug-likeness (QED) is 0.506. The molecule has 0 aromatic carbocycles. The van der Waals surface area contributed by atoms with E-state index >= 15 is 0 Å². The van der Waals surface area contributed by atoms with E-state index in [9.17, 15) is 19.8 Å². The monoisotopic (exact) mass is 456 g/mol. The summed E-state index contributed by atoms with van der Waals surface area (Å²) in [4.78, 5) is 26.6. The van der Waals surface area contributed by atoms with Gasteiger partial charge in [0, 0.05) is 5.92 Å². The molecule has 4 fully saturated rings. The van der Waals surface area contributed by atoms with Gasteiger partial charge in [0.05, 0.1) is 11.5 Å². The molecular formula is C29H44O4. The molecule has 5 aliphatic carbocycles. The highest BCUT2D eigenvalue weighted by Gasteiger charge is 2.71. The van der Waals surface area contributed by atoms with Gasteiger partial charge in [-0.2, -0.15) is 0 Å². The number of rotatable bonds is 1. The number of carbonyl (C=O) groups is 2. The maximum atomic E-state index is 14.2. The molecule has 0 saturated heterocycles. The van der Waals surface area contributed by atoms with Crippen LogP contribution >= 0.6 is 0 Å². The molecule has 184 valence electrons. The third-order valence-corrected chi connectivity index (χ3v) is 12.6. The van der Waals surface area contributed by atoms with Gasteiger partial charge in [-0.1, -0.05) is 53.0 Å². The van der Waals surface area contributed by atoms with E-state index in [0.29, 0.717) is 23.7 Å². The van der Waals surface area contributed by atoms with Crippen LogP contribution in [-0.2, 0) is 9.59 Å². The van der Waals surface area contributed by atoms with E-state index in [2.05, 4.69) is 40.7 Å². The molecule has 2 N–H and O–H groups in total. The summed E-state index contributed by atoms with van der Waals surface area (Å²) >= 11 is 0. The highest BCUT2D eigenvalue weighted by Crippen LogP contribution is 2.74. The van der Waals surface area contributed by atoms with Crippen LogP contribution in [0.2, 0.25) is 0 Å². The minimum Gasteiger partial charge on any atom is -0.481 e. The summed E-state index contributed by atoms with van der Waals surface area (Å²) in [7, 11) is 0. The van der Waals surface area contributed by atoms with Crippen molar-refractivity contribution in [3.63, 3.8) is 0 Å². The van der Waals surface area contributed by atoms with Crippen LogP contribution in [0.5, 0.6) is 0 Å². The van der Waals surface area contributed by atoms with E-state index in [4.69, 9.17) is 0 Å². The number of hydrogen-bond acceptors (Lipinski definition) is 3. The fourth-order valence-corrected chi connectivity index (χ4v) is 10.6. The third kappa shape index (κ3) is 2.68. The largest absolute Gasteiger partial charge is 0.481 e. The Kier molecular flexibility index (Phi) is 4.97. The van der Waals surface area contributed by atoms with E-state index in [1.165, 1.54) is 31.3 Å². The van der Waals surface area contributed by atoms with Crippen molar-refractivity contribution in [2.24, 2.45) is 50.7 Å². The molecule has 0 spiro atoms. The number of carbonyl (C=O) groups excluding carboxylic acids is 1. The van der Waals surface area contributed by atoms with Gasteiger partial charge in [-0.25, -0.2) is 0 Å². The van der Waals surface area contributed by atoms with Crippen molar-refractivity contribution in [3.05, 3.63) is 11.6 Å². The van der Waals surface area contributed by atoms with Crippen LogP contribution in [-0.4, -0.2) is 28.1 Å². The Bertz CT molecular complexity index is 923. The van der Waals surface area contributed by atoms with Crippen LogP contribution in [0.4, 0.5) is 0 Å². The van der Waals surface area contributed by atoms with E-state index in [0.717, 1.165) is 25.7 Å². The van der Waals surface area contributed by atoms with Crippen LogP contribution < -0.4 is 0 Å². The molecule has 0 bridgehead atoms. The van der Waals surface area contributed by atoms with Gasteiger partial charge in [-0.05, 0) is 97.4 Å². The summed E-state index contributed by atoms with van der Waals surface area (Å²) in [6.45, 7) is 13.6. The van der Waals surface area contributed by atoms with Crippen molar-refractivity contribution in [1.29, 1.82) is 0 Å². The van der Waals surface area contributed by atoms with Crippen molar-refractivity contribution in [2.75, 3.05) is 0 Å². The molecule has 4 saturated carbocycles. The molecule has 0 aliphatic heterocycles. The molecule has 0 aromatic rings. The minimum atomic E-state index is -1.19. The SMILES string of the molecule is C[C@H]1CCC[C@]2(C)CC[C@]3(C)C(=CC(=O)C4[C@@]5(C)CC[C@@H](O)[C@](C)(C(=O)O)C5CC[C@]43C)C12. The van der Waals surface area contributed by atoms with Gasteiger partial charge in [0.25, 0.3) is 0 Å². The standard InChI is InChI=1S/C29H44O4/c1-17-8-7-11-25(2)14-15-27(4)18(22(17)25)16-19(30)23-26(3)12-10-21(31)29(6,24(32)33)20(26)9-13-28(23,27)5/h16-17,20-23,31H,7-15H2,1-6H3,(H,32,33)/t17-,20?,21+,22?,23?,25+,26-,27+,28+,29+/m0/s1. The van der Waals surface area contributed by atoms with Gasteiger partial charge < -0.3 is 10.2 Å². The van der Waals surface area contributed by atoms with Crippen LogP contribution in [0.25, 0.3) is 0 Å². The van der Waals surface area contributed by atoms with Gasteiger partial charge in [0.2, 0.25) is 0 Å². The lowest BCUT2D eigenvalue weighted by Crippen LogP contribution is -2.68. The predicted octanol–water partition coefficient (Wildman–Crippen LogP) is 6.02. The Hall–Kier alpha value is -1.16. The third-order valence-electron chi connectivity index (χ3n) is 12.6. The Morgan fingerprint density at radius 3 is 2.33 bits per heavy atom. The van der Waals surface area contributed by atoms with E-state index < -0.39 is 22.9 Å². The first-order valence-electron chi connectivity index (χ1n) is 13.4. The molecular weight excluding hydrogens is 412 g/mol. The van der Waals surface area contributed by atoms with Gasteiger partial charge in [-0.15, -0.1) is 0 Å². The number of carboxylic acids is 1. The van der Waals surface area contributed by atoms with Gasteiger partial charge in [0.15, 0.2) is 5.78 Å². The van der Waals surface area contributed by atoms with Crippen molar-refractivity contribution in [3.8, 4) is 0 Å². The maximum Gasteiger partial charge on any atom is 0.312 e. The molecule has 5 rings (SSSR count). The molecule has 33 heavy (non-hydrogen) atoms. The Balaban J connectivity index is 1.65. The lowest BCUT2D eigenvalue weighted by molar-refractivity contribution is -0.214. The average Bonchev–Trinajstić information content (AvgIpc) is 2.72. The van der Waals surface area contributed by atoms with Crippen molar-refractivity contribution in [2.45, 2.75) is 105 Å². The number of allylic oxidation sites excluding steroid dienone is 2. The van der Waals surface area contributed by atoms with E-state index in [1.807, 2.05) is 0 Å². The summed E-state index contributed by atoms with van der Waals surface area (Å²) in [6, 6.07) is 0.